The molecule has 0 aliphatic carbocycles. The van der Waals surface area contributed by atoms with Crippen molar-refractivity contribution in [1.82, 2.24) is 20.0 Å². The maximum atomic E-state index is 11.7. The van der Waals surface area contributed by atoms with E-state index in [0.717, 1.165) is 26.3 Å². The van der Waals surface area contributed by atoms with Crippen molar-refractivity contribution in [2.45, 2.75) is 12.1 Å². The average molecular weight is 357 g/mol. The summed E-state index contributed by atoms with van der Waals surface area (Å²) in [7, 11) is -3.69. The number of aromatic amines is 1. The molecule has 1 aliphatic heterocycles. The van der Waals surface area contributed by atoms with Gasteiger partial charge in [0.2, 0.25) is 5.16 Å². The minimum absolute atomic E-state index is 0.126. The third kappa shape index (κ3) is 4.71. The van der Waals surface area contributed by atoms with Gasteiger partial charge >= 0.3 is 0 Å². The van der Waals surface area contributed by atoms with Crippen molar-refractivity contribution < 1.29 is 18.1 Å². The van der Waals surface area contributed by atoms with E-state index in [2.05, 4.69) is 20.0 Å². The second kappa shape index (κ2) is 8.15. The van der Waals surface area contributed by atoms with Crippen molar-refractivity contribution >= 4 is 26.7 Å². The molecular formula is C13H19N5O5S. The van der Waals surface area contributed by atoms with Gasteiger partial charge in [-0.05, 0) is 6.07 Å². The fourth-order valence-electron chi connectivity index (χ4n) is 1.99. The summed E-state index contributed by atoms with van der Waals surface area (Å²) in [5, 5.41) is 13.5. The van der Waals surface area contributed by atoms with E-state index in [1.165, 1.54) is 18.2 Å². The molecular weight excluding hydrogens is 338 g/mol. The molecule has 1 fully saturated rings. The second-order valence-corrected chi connectivity index (χ2v) is 6.55. The number of benzene rings is 1. The second-order valence-electron chi connectivity index (χ2n) is 4.86. The Morgan fingerprint density at radius 1 is 1.38 bits per heavy atom. The first-order chi connectivity index (χ1) is 11.4. The molecule has 0 atom stereocenters. The highest BCUT2D eigenvalue weighted by molar-refractivity contribution is 7.89. The van der Waals surface area contributed by atoms with E-state index in [9.17, 15) is 18.5 Å². The van der Waals surface area contributed by atoms with Gasteiger partial charge in [0, 0.05) is 31.8 Å². The molecule has 2 heterocycles. The number of nitrogens with one attached hydrogen (secondary N) is 3. The smallest absolute Gasteiger partial charge is 0.274 e. The molecule has 11 heteroatoms. The fourth-order valence-corrected chi connectivity index (χ4v) is 2.97. The SMILES string of the molecule is C1COCCN1.CCNS(=O)(=O)c1nc2ccc([N+](=O)[O-])cc2[nH]1. The first-order valence-corrected chi connectivity index (χ1v) is 8.84. The summed E-state index contributed by atoms with van der Waals surface area (Å²) in [4.78, 5) is 16.5. The highest BCUT2D eigenvalue weighted by Crippen LogP contribution is 2.20. The first kappa shape index (κ1) is 18.3. The lowest BCUT2D eigenvalue weighted by atomic mass is 10.3. The Kier molecular flexibility index (Phi) is 6.20. The molecule has 3 N–H and O–H groups in total. The van der Waals surface area contributed by atoms with E-state index in [1.807, 2.05) is 0 Å². The topological polar surface area (TPSA) is 139 Å². The zero-order chi connectivity index (χ0) is 17.6. The molecule has 10 nitrogen and oxygen atoms in total. The molecule has 2 aromatic rings. The van der Waals surface area contributed by atoms with E-state index >= 15 is 0 Å². The molecule has 0 bridgehead atoms. The number of imidazole rings is 1. The Morgan fingerprint density at radius 3 is 2.58 bits per heavy atom. The lowest BCUT2D eigenvalue weighted by Crippen LogP contribution is -2.30. The highest BCUT2D eigenvalue weighted by Gasteiger charge is 2.18. The summed E-state index contributed by atoms with van der Waals surface area (Å²) >= 11 is 0. The minimum Gasteiger partial charge on any atom is -0.379 e. The average Bonchev–Trinajstić information content (AvgIpc) is 3.01. The number of hydrogen-bond donors (Lipinski definition) is 3. The fraction of sp³-hybridized carbons (Fsp3) is 0.462. The Bertz CT molecular complexity index is 789. The zero-order valence-electron chi connectivity index (χ0n) is 13.1. The van der Waals surface area contributed by atoms with Crippen molar-refractivity contribution in [2.75, 3.05) is 32.8 Å². The van der Waals surface area contributed by atoms with Gasteiger partial charge in [-0.25, -0.2) is 18.1 Å². The van der Waals surface area contributed by atoms with Crippen LogP contribution in [0.3, 0.4) is 0 Å². The number of ether oxygens (including phenoxy) is 1. The number of rotatable bonds is 4. The summed E-state index contributed by atoms with van der Waals surface area (Å²) in [6.07, 6.45) is 0. The van der Waals surface area contributed by atoms with Crippen LogP contribution in [0.5, 0.6) is 0 Å². The number of aromatic nitrogens is 2. The lowest BCUT2D eigenvalue weighted by molar-refractivity contribution is -0.384. The Hall–Kier alpha value is -2.08. The van der Waals surface area contributed by atoms with Crippen molar-refractivity contribution in [3.8, 4) is 0 Å². The van der Waals surface area contributed by atoms with Crippen molar-refractivity contribution in [3.63, 3.8) is 0 Å². The van der Waals surface area contributed by atoms with Gasteiger partial charge in [0.1, 0.15) is 0 Å². The van der Waals surface area contributed by atoms with Crippen LogP contribution in [0, 0.1) is 10.1 Å². The van der Waals surface area contributed by atoms with Gasteiger partial charge in [-0.15, -0.1) is 0 Å². The standard InChI is InChI=1S/C9H10N4O4S.C4H9NO/c1-2-10-18(16,17)9-11-7-4-3-6(13(14)15)5-8(7)12-9;1-3-6-4-2-5-1/h3-5,10H,2H2,1H3,(H,11,12);5H,1-4H2. The maximum Gasteiger partial charge on any atom is 0.274 e. The molecule has 0 radical (unpaired) electrons. The molecule has 3 rings (SSSR count). The molecule has 0 saturated carbocycles. The van der Waals surface area contributed by atoms with Crippen LogP contribution in [0.1, 0.15) is 6.92 Å². The molecule has 1 aromatic heterocycles. The number of nitro benzene ring substituents is 1. The van der Waals surface area contributed by atoms with Gasteiger partial charge in [0.05, 0.1) is 29.2 Å². The molecule has 0 spiro atoms. The number of fused-ring (bicyclic) bond motifs is 1. The number of hydrogen-bond acceptors (Lipinski definition) is 7. The summed E-state index contributed by atoms with van der Waals surface area (Å²) in [6.45, 7) is 5.71. The van der Waals surface area contributed by atoms with Gasteiger partial charge in [-0.3, -0.25) is 10.1 Å². The normalized spacial score (nSPS) is 14.9. The number of sulfonamides is 1. The molecule has 1 aromatic carbocycles. The van der Waals surface area contributed by atoms with Crippen LogP contribution in [0.25, 0.3) is 11.0 Å². The van der Waals surface area contributed by atoms with E-state index < -0.39 is 14.9 Å². The largest absolute Gasteiger partial charge is 0.379 e. The maximum absolute atomic E-state index is 11.7. The molecule has 132 valence electrons. The third-order valence-corrected chi connectivity index (χ3v) is 4.46. The van der Waals surface area contributed by atoms with Crippen LogP contribution in [-0.2, 0) is 14.8 Å². The van der Waals surface area contributed by atoms with Crippen LogP contribution in [-0.4, -0.2) is 56.2 Å². The summed E-state index contributed by atoms with van der Waals surface area (Å²) < 4.78 is 30.7. The molecule has 1 aliphatic rings. The Morgan fingerprint density at radius 2 is 2.08 bits per heavy atom. The Balaban J connectivity index is 0.000000292. The lowest BCUT2D eigenvalue weighted by Gasteiger charge is -2.10. The quantitative estimate of drug-likeness (QED) is 0.531. The predicted molar refractivity (Wildman–Crippen MR) is 87.3 cm³/mol. The van der Waals surface area contributed by atoms with Crippen LogP contribution < -0.4 is 10.0 Å². The van der Waals surface area contributed by atoms with Crippen LogP contribution in [0.4, 0.5) is 5.69 Å². The summed E-state index contributed by atoms with van der Waals surface area (Å²) in [5.74, 6) is 0. The number of nitro groups is 1. The van der Waals surface area contributed by atoms with Crippen molar-refractivity contribution in [2.24, 2.45) is 0 Å². The van der Waals surface area contributed by atoms with Crippen LogP contribution in [0.2, 0.25) is 0 Å². The summed E-state index contributed by atoms with van der Waals surface area (Å²) in [5.41, 5.74) is 0.538. The monoisotopic (exact) mass is 357 g/mol. The number of H-pyrrole nitrogens is 1. The Labute approximate surface area is 138 Å². The van der Waals surface area contributed by atoms with Gasteiger partial charge < -0.3 is 15.0 Å². The minimum atomic E-state index is -3.69. The third-order valence-electron chi connectivity index (χ3n) is 3.09. The van der Waals surface area contributed by atoms with Crippen LogP contribution >= 0.6 is 0 Å². The van der Waals surface area contributed by atoms with Gasteiger partial charge in [-0.2, -0.15) is 0 Å². The van der Waals surface area contributed by atoms with E-state index in [1.54, 1.807) is 6.92 Å². The predicted octanol–water partition coefficient (Wildman–Crippen LogP) is 0.376. The van der Waals surface area contributed by atoms with E-state index in [4.69, 9.17) is 4.74 Å². The molecule has 0 unspecified atom stereocenters. The van der Waals surface area contributed by atoms with Crippen molar-refractivity contribution in [1.29, 1.82) is 0 Å². The number of morpholine rings is 1. The van der Waals surface area contributed by atoms with E-state index in [-0.39, 0.29) is 17.4 Å². The van der Waals surface area contributed by atoms with Crippen LogP contribution in [0.15, 0.2) is 23.4 Å². The first-order valence-electron chi connectivity index (χ1n) is 7.36. The summed E-state index contributed by atoms with van der Waals surface area (Å²) in [6, 6.07) is 3.91. The molecule has 1 saturated heterocycles. The highest BCUT2D eigenvalue weighted by atomic mass is 32.2. The zero-order valence-corrected chi connectivity index (χ0v) is 13.9. The van der Waals surface area contributed by atoms with Gasteiger partial charge in [0.15, 0.2) is 0 Å². The van der Waals surface area contributed by atoms with Crippen molar-refractivity contribution in [3.05, 3.63) is 28.3 Å². The number of non-ortho nitro benzene ring substituents is 1. The molecule has 24 heavy (non-hydrogen) atoms. The molecule has 0 amide bonds. The van der Waals surface area contributed by atoms with Gasteiger partial charge in [0.25, 0.3) is 15.7 Å². The van der Waals surface area contributed by atoms with E-state index in [0.29, 0.717) is 11.0 Å². The van der Waals surface area contributed by atoms with Gasteiger partial charge in [-0.1, -0.05) is 6.92 Å². The number of nitrogens with zero attached hydrogens (tertiary/aromatic N) is 2.